The molecule has 0 saturated carbocycles. The van der Waals surface area contributed by atoms with E-state index >= 15 is 0 Å². The number of non-ortho nitro benzene ring substituents is 2. The van der Waals surface area contributed by atoms with Crippen molar-refractivity contribution < 1.29 is 43.1 Å². The molecule has 0 radical (unpaired) electrons. The number of halogens is 1. The molecule has 1 amide bonds. The fourth-order valence-corrected chi connectivity index (χ4v) is 15.0. The summed E-state index contributed by atoms with van der Waals surface area (Å²) in [5.41, 5.74) is 19.0. The van der Waals surface area contributed by atoms with Crippen LogP contribution < -0.4 is 35.4 Å². The number of nitrogen functional groups attached to an aromatic ring is 1. The first-order valence-corrected chi connectivity index (χ1v) is 41.4. The van der Waals surface area contributed by atoms with Crippen LogP contribution in [-0.2, 0) is 23.7 Å². The van der Waals surface area contributed by atoms with Crippen LogP contribution in [0.25, 0.3) is 17.1 Å². The van der Waals surface area contributed by atoms with Crippen molar-refractivity contribution in [3.63, 3.8) is 0 Å². The van der Waals surface area contributed by atoms with Crippen LogP contribution in [0.5, 0.6) is 11.5 Å². The Morgan fingerprint density at radius 2 is 0.778 bits per heavy atom. The van der Waals surface area contributed by atoms with Gasteiger partial charge < -0.3 is 77.7 Å². The molecule has 8 heterocycles. The largest absolute Gasteiger partial charge is 0.457 e. The fourth-order valence-electron chi connectivity index (χ4n) is 14.4. The average molecular weight is 1720 g/mol. The Morgan fingerprint density at radius 1 is 0.427 bits per heavy atom. The summed E-state index contributed by atoms with van der Waals surface area (Å²) in [5.74, 6) is 1.19. The molecular weight excluding hydrogens is 1600 g/mol. The van der Waals surface area contributed by atoms with Gasteiger partial charge in [-0.15, -0.1) is 0 Å². The topological polar surface area (TPSA) is 279 Å². The third kappa shape index (κ3) is 28.3. The lowest BCUT2D eigenvalue weighted by Crippen LogP contribution is -2.47. The van der Waals surface area contributed by atoms with Gasteiger partial charge in [0, 0.05) is 259 Å². The number of nitro benzene ring substituents is 2. The molecule has 117 heavy (non-hydrogen) atoms. The van der Waals surface area contributed by atoms with Crippen molar-refractivity contribution in [2.45, 2.75) is 47.0 Å². The Kier molecular flexibility index (Phi) is 35.6. The van der Waals surface area contributed by atoms with E-state index < -0.39 is 0 Å². The van der Waals surface area contributed by atoms with E-state index in [0.29, 0.717) is 11.3 Å². The zero-order chi connectivity index (χ0) is 83.0. The highest BCUT2D eigenvalue weighted by molar-refractivity contribution is 14.1. The van der Waals surface area contributed by atoms with Gasteiger partial charge in [0.1, 0.15) is 11.5 Å². The van der Waals surface area contributed by atoms with Crippen LogP contribution in [0.4, 0.5) is 45.5 Å². The predicted octanol–water partition coefficient (Wildman–Crippen LogP) is 11.8. The number of anilines is 6. The third-order valence-corrected chi connectivity index (χ3v) is 21.8. The minimum atomic E-state index is -0.342. The highest BCUT2D eigenvalue weighted by atomic mass is 127. The van der Waals surface area contributed by atoms with Crippen LogP contribution in [0.2, 0.25) is 0 Å². The Morgan fingerprint density at radius 3 is 1.18 bits per heavy atom. The molecule has 5 saturated heterocycles. The van der Waals surface area contributed by atoms with E-state index in [-0.39, 0.29) is 27.1 Å². The van der Waals surface area contributed by atoms with Crippen molar-refractivity contribution in [1.29, 1.82) is 0 Å². The first kappa shape index (κ1) is 89.7. The SMILES string of the molecule is COCCN1CCCCC1.COCCN1CCN(c2cc(-n3cnc(C)c3)cc([N+](=O)[O-])c2)CC1.COCCN1CCN(c2cc(I)cc([N+](=O)[O-])c2)CC1.COCCN1CCN(c2cc(N)cc(-n3cnc(C)c3)c2)CC1.COCCN1CCN(c2cc(NC(=O)c3ccc(C)c(Oc4ccccc4)c3)cc(-n3cnc(C)c3)c2)CC1. The van der Waals surface area contributed by atoms with Crippen molar-refractivity contribution >= 4 is 74.0 Å². The van der Waals surface area contributed by atoms with Crippen molar-refractivity contribution in [2.24, 2.45) is 0 Å². The highest BCUT2D eigenvalue weighted by Crippen LogP contribution is 2.33. The number of carbonyl (C=O) groups excluding carboxylic acids is 1. The molecule has 0 bridgehead atoms. The highest BCUT2D eigenvalue weighted by Gasteiger charge is 2.25. The number of carbonyl (C=O) groups is 1. The summed E-state index contributed by atoms with van der Waals surface area (Å²) in [7, 11) is 8.68. The minimum absolute atomic E-state index is 0.0978. The van der Waals surface area contributed by atoms with Gasteiger partial charge in [-0.2, -0.15) is 0 Å². The second-order valence-corrected chi connectivity index (χ2v) is 31.0. The van der Waals surface area contributed by atoms with Crippen LogP contribution in [0.3, 0.4) is 0 Å². The summed E-state index contributed by atoms with van der Waals surface area (Å²) in [6.07, 6.45) is 15.4. The first-order valence-electron chi connectivity index (χ1n) is 40.3. The number of nitrogens with zero attached hydrogens (tertiary/aromatic N) is 17. The van der Waals surface area contributed by atoms with Gasteiger partial charge in [0.15, 0.2) is 0 Å². The monoisotopic (exact) mass is 1720 g/mol. The second kappa shape index (κ2) is 46.5. The molecule has 0 aliphatic carbocycles. The van der Waals surface area contributed by atoms with E-state index in [4.69, 9.17) is 34.2 Å². The van der Waals surface area contributed by atoms with E-state index in [0.717, 1.165) is 248 Å². The maximum absolute atomic E-state index is 13.4. The standard InChI is InChI=1S/C31H35N5O3.C17H23N5O3.C17H25N5O.C13H18IN3O3.C8H17NO/c1-23-9-10-25(17-30(23)39-29-7-5-4-6-8-29)31(37)33-26-18-27(20-28(19-26)36-21-24(2)32-22-36)35-13-11-34(12-14-35)15-16-38-3;1-14-12-21(13-18-14)16-9-15(10-17(11-16)22(23)24)20-5-3-19(4-6-20)7-8-25-2;1-14-12-22(13-19-14)17-10-15(18)9-16(11-17)21-5-3-20(4-6-21)7-8-23-2;1-20-7-6-15-2-4-16(5-3-15)12-8-11(14)9-13(10-12)17(18)19;1-10-8-7-9-5-3-2-4-6-9/h4-10,17-22H,11-16H2,1-3H3,(H,33,37);9-13H,3-8H2,1-2H3;9-13H,3-8,18H2,1-2H3;8-10H,2-7H2,1H3;2-8H2,1H3. The predicted molar refractivity (Wildman–Crippen MR) is 472 cm³/mol. The zero-order valence-corrected chi connectivity index (χ0v) is 71.6. The zero-order valence-electron chi connectivity index (χ0n) is 69.5. The van der Waals surface area contributed by atoms with Gasteiger partial charge in [-0.1, -0.05) is 30.7 Å². The number of benzene rings is 6. The summed E-state index contributed by atoms with van der Waals surface area (Å²) in [5, 5.41) is 25.4. The number of nitro groups is 2. The van der Waals surface area contributed by atoms with Gasteiger partial charge >= 0.3 is 0 Å². The van der Waals surface area contributed by atoms with Crippen LogP contribution in [0, 0.1) is 51.5 Å². The number of piperazine rings is 4. The molecule has 3 N–H and O–H groups in total. The van der Waals surface area contributed by atoms with Crippen molar-refractivity contribution in [2.75, 3.05) is 250 Å². The lowest BCUT2D eigenvalue weighted by Gasteiger charge is -2.36. The van der Waals surface area contributed by atoms with Gasteiger partial charge in [-0.3, -0.25) is 44.6 Å². The fraction of sp³-hybridized carbons (Fsp3) is 0.465. The quantitative estimate of drug-likeness (QED) is 0.0199. The van der Waals surface area contributed by atoms with Gasteiger partial charge in [0.2, 0.25) is 0 Å². The van der Waals surface area contributed by atoms with Crippen LogP contribution in [-0.4, -0.2) is 288 Å². The van der Waals surface area contributed by atoms with Gasteiger partial charge in [0.05, 0.1) is 96.0 Å². The molecule has 630 valence electrons. The number of amides is 1. The maximum atomic E-state index is 13.4. The van der Waals surface area contributed by atoms with E-state index in [2.05, 4.69) is 105 Å². The second-order valence-electron chi connectivity index (χ2n) is 29.7. The van der Waals surface area contributed by atoms with Crippen molar-refractivity contribution in [3.8, 4) is 28.6 Å². The number of nitrogens with one attached hydrogen (secondary N) is 1. The molecule has 3 aromatic heterocycles. The van der Waals surface area contributed by atoms with Gasteiger partial charge in [0.25, 0.3) is 17.3 Å². The molecule has 30 nitrogen and oxygen atoms in total. The van der Waals surface area contributed by atoms with Crippen molar-refractivity contribution in [3.05, 3.63) is 211 Å². The maximum Gasteiger partial charge on any atom is 0.273 e. The van der Waals surface area contributed by atoms with Crippen LogP contribution in [0.1, 0.15) is 52.3 Å². The number of hydrogen-bond acceptors (Lipinski definition) is 24. The Balaban J connectivity index is 0.000000163. The summed E-state index contributed by atoms with van der Waals surface area (Å²) >= 11 is 2.12. The number of ether oxygens (including phenoxy) is 6. The van der Waals surface area contributed by atoms with Crippen LogP contribution >= 0.6 is 22.6 Å². The van der Waals surface area contributed by atoms with E-state index in [1.165, 1.54) is 38.0 Å². The molecule has 31 heteroatoms. The molecule has 5 aliphatic heterocycles. The molecule has 5 aliphatic rings. The Bertz CT molecular complexity index is 4530. The van der Waals surface area contributed by atoms with Crippen molar-refractivity contribution in [1.82, 2.24) is 53.2 Å². The van der Waals surface area contributed by atoms with Crippen LogP contribution in [0.15, 0.2) is 159 Å². The smallest absolute Gasteiger partial charge is 0.273 e. The lowest BCUT2D eigenvalue weighted by atomic mass is 10.1. The summed E-state index contributed by atoms with van der Waals surface area (Å²) in [6, 6.07) is 38.0. The molecule has 9 aromatic rings. The lowest BCUT2D eigenvalue weighted by molar-refractivity contribution is -0.385. The van der Waals surface area contributed by atoms with Gasteiger partial charge in [-0.05, 0) is 155 Å². The number of aromatic nitrogens is 6. The van der Waals surface area contributed by atoms with Gasteiger partial charge in [-0.25, -0.2) is 15.0 Å². The molecule has 6 aromatic carbocycles. The third-order valence-electron chi connectivity index (χ3n) is 21.2. The molecule has 0 atom stereocenters. The molecule has 14 rings (SSSR count). The Hall–Kier alpha value is -9.65. The van der Waals surface area contributed by atoms with E-state index in [9.17, 15) is 25.0 Å². The summed E-state index contributed by atoms with van der Waals surface area (Å²) < 4.78 is 38.4. The number of imidazole rings is 3. The number of aryl methyl sites for hydroxylation is 4. The van der Waals surface area contributed by atoms with E-state index in [1.807, 2.05) is 139 Å². The Labute approximate surface area is 702 Å². The number of nitrogens with two attached hydrogens (primary N) is 1. The normalized spacial score (nSPS) is 15.7. The molecule has 0 unspecified atom stereocenters. The minimum Gasteiger partial charge on any atom is -0.457 e. The summed E-state index contributed by atoms with van der Waals surface area (Å²) in [4.78, 5) is 69.1. The molecule has 0 spiro atoms. The number of rotatable bonds is 28. The molecule has 5 fully saturated rings. The number of methoxy groups -OCH3 is 5. The molecular formula is C86H118IN19O11. The number of likely N-dealkylation sites (tertiary alicyclic amines) is 1. The number of para-hydroxylation sites is 1. The summed E-state index contributed by atoms with van der Waals surface area (Å²) in [6.45, 7) is 34.3. The first-order chi connectivity index (χ1) is 56.7. The number of hydrogen-bond donors (Lipinski definition) is 2. The average Bonchev–Trinajstić information content (AvgIpc) is 1.81. The van der Waals surface area contributed by atoms with E-state index in [1.54, 1.807) is 78.5 Å². The number of piperidine rings is 1.